The van der Waals surface area contributed by atoms with Crippen LogP contribution in [0.2, 0.25) is 5.02 Å². The molecule has 140 valence electrons. The van der Waals surface area contributed by atoms with E-state index in [2.05, 4.69) is 5.32 Å². The highest BCUT2D eigenvalue weighted by Gasteiger charge is 2.33. The molecule has 1 aromatic heterocycles. The van der Waals surface area contributed by atoms with Crippen molar-refractivity contribution in [2.24, 2.45) is 0 Å². The number of hydrogen-bond acceptors (Lipinski definition) is 2. The van der Waals surface area contributed by atoms with Crippen molar-refractivity contribution in [1.82, 2.24) is 9.78 Å². The summed E-state index contributed by atoms with van der Waals surface area (Å²) in [5.41, 5.74) is 1.77. The number of fused-ring (bicyclic) bond motifs is 1. The van der Waals surface area contributed by atoms with E-state index in [1.165, 1.54) is 18.9 Å². The van der Waals surface area contributed by atoms with Gasteiger partial charge in [-0.1, -0.05) is 24.4 Å². The van der Waals surface area contributed by atoms with Crippen molar-refractivity contribution in [2.45, 2.75) is 57.0 Å². The highest BCUT2D eigenvalue weighted by Crippen LogP contribution is 2.41. The molecule has 0 radical (unpaired) electrons. The molecular weight excluding hydrogens is 363 g/mol. The number of hydrogen-bond donors (Lipinski definition) is 1. The molecule has 7 heteroatoms. The first-order valence-electron chi connectivity index (χ1n) is 9.18. The van der Waals surface area contributed by atoms with E-state index in [4.69, 9.17) is 16.7 Å². The molecule has 1 aliphatic carbocycles. The number of benzene rings is 1. The minimum absolute atomic E-state index is 0.271. The van der Waals surface area contributed by atoms with E-state index in [1.54, 1.807) is 4.68 Å². The van der Waals surface area contributed by atoms with Crippen LogP contribution in [-0.4, -0.2) is 16.3 Å². The number of alkyl halides is 3. The monoisotopic (exact) mass is 383 g/mol. The van der Waals surface area contributed by atoms with E-state index < -0.39 is 11.7 Å². The molecule has 4 rings (SSSR count). The van der Waals surface area contributed by atoms with Gasteiger partial charge >= 0.3 is 6.18 Å². The molecule has 3 nitrogen and oxygen atoms in total. The van der Waals surface area contributed by atoms with Crippen LogP contribution in [0.25, 0.3) is 5.69 Å². The summed E-state index contributed by atoms with van der Waals surface area (Å²) in [7, 11) is 0. The van der Waals surface area contributed by atoms with Crippen molar-refractivity contribution in [1.29, 1.82) is 0 Å². The predicted octanol–water partition coefficient (Wildman–Crippen LogP) is 5.95. The van der Waals surface area contributed by atoms with Crippen LogP contribution in [0.4, 0.5) is 19.0 Å². The SMILES string of the molecule is FC(F)(F)c1ccc(Cl)c(-n2nc(C3CCCC3)c3c2NCCCC3)c1. The Morgan fingerprint density at radius 2 is 1.88 bits per heavy atom. The zero-order valence-electron chi connectivity index (χ0n) is 14.4. The maximum Gasteiger partial charge on any atom is 0.416 e. The average Bonchev–Trinajstić information content (AvgIpc) is 3.16. The Bertz CT molecular complexity index is 807. The minimum atomic E-state index is -4.41. The Labute approximate surface area is 155 Å². The lowest BCUT2D eigenvalue weighted by Gasteiger charge is -2.13. The first kappa shape index (κ1) is 17.7. The van der Waals surface area contributed by atoms with Crippen LogP contribution in [0.15, 0.2) is 18.2 Å². The summed E-state index contributed by atoms with van der Waals surface area (Å²) in [4.78, 5) is 0. The smallest absolute Gasteiger partial charge is 0.370 e. The molecule has 1 fully saturated rings. The zero-order chi connectivity index (χ0) is 18.3. The lowest BCUT2D eigenvalue weighted by Crippen LogP contribution is -2.10. The van der Waals surface area contributed by atoms with E-state index in [0.29, 0.717) is 5.92 Å². The summed E-state index contributed by atoms with van der Waals surface area (Å²) in [5, 5.41) is 8.42. The number of nitrogens with one attached hydrogen (secondary N) is 1. The lowest BCUT2D eigenvalue weighted by molar-refractivity contribution is -0.137. The average molecular weight is 384 g/mol. The van der Waals surface area contributed by atoms with Crippen LogP contribution in [0.1, 0.15) is 61.3 Å². The van der Waals surface area contributed by atoms with Gasteiger partial charge in [-0.2, -0.15) is 18.3 Å². The molecule has 0 bridgehead atoms. The quantitative estimate of drug-likeness (QED) is 0.694. The van der Waals surface area contributed by atoms with Crippen molar-refractivity contribution >= 4 is 17.4 Å². The fraction of sp³-hybridized carbons (Fsp3) is 0.526. The molecule has 26 heavy (non-hydrogen) atoms. The van der Waals surface area contributed by atoms with Crippen molar-refractivity contribution < 1.29 is 13.2 Å². The van der Waals surface area contributed by atoms with Gasteiger partial charge in [0.15, 0.2) is 0 Å². The lowest BCUT2D eigenvalue weighted by atomic mass is 9.97. The third kappa shape index (κ3) is 3.20. The number of anilines is 1. The van der Waals surface area contributed by atoms with Crippen molar-refractivity contribution in [3.05, 3.63) is 40.0 Å². The van der Waals surface area contributed by atoms with Gasteiger partial charge in [-0.25, -0.2) is 4.68 Å². The fourth-order valence-electron chi connectivity index (χ4n) is 4.08. The normalized spacial score (nSPS) is 18.5. The van der Waals surface area contributed by atoms with E-state index >= 15 is 0 Å². The molecule has 2 aromatic rings. The van der Waals surface area contributed by atoms with Gasteiger partial charge in [0.2, 0.25) is 0 Å². The van der Waals surface area contributed by atoms with Crippen LogP contribution in [0.5, 0.6) is 0 Å². The summed E-state index contributed by atoms with van der Waals surface area (Å²) in [6, 6.07) is 3.42. The van der Waals surface area contributed by atoms with Crippen LogP contribution in [0, 0.1) is 0 Å². The van der Waals surface area contributed by atoms with Gasteiger partial charge in [-0.05, 0) is 50.3 Å². The first-order chi connectivity index (χ1) is 12.4. The molecular formula is C19H21ClF3N3. The Morgan fingerprint density at radius 3 is 2.62 bits per heavy atom. The van der Waals surface area contributed by atoms with Crippen LogP contribution in [0.3, 0.4) is 0 Å². The number of halogens is 4. The molecule has 0 amide bonds. The number of rotatable bonds is 2. The highest BCUT2D eigenvalue weighted by atomic mass is 35.5. The van der Waals surface area contributed by atoms with E-state index in [1.807, 2.05) is 0 Å². The first-order valence-corrected chi connectivity index (χ1v) is 9.56. The summed E-state index contributed by atoms with van der Waals surface area (Å²) in [6.07, 6.45) is 3.15. The van der Waals surface area contributed by atoms with Gasteiger partial charge in [-0.3, -0.25) is 0 Å². The largest absolute Gasteiger partial charge is 0.416 e. The molecule has 2 heterocycles. The van der Waals surface area contributed by atoms with Crippen LogP contribution in [-0.2, 0) is 12.6 Å². The Kier molecular flexibility index (Phi) is 4.63. The molecule has 1 N–H and O–H groups in total. The number of nitrogens with zero attached hydrogens (tertiary/aromatic N) is 2. The van der Waals surface area contributed by atoms with Gasteiger partial charge in [0, 0.05) is 18.0 Å². The second-order valence-corrected chi connectivity index (χ2v) is 7.56. The number of aromatic nitrogens is 2. The highest BCUT2D eigenvalue weighted by molar-refractivity contribution is 6.32. The predicted molar refractivity (Wildman–Crippen MR) is 96.2 cm³/mol. The molecule has 1 aliphatic heterocycles. The second-order valence-electron chi connectivity index (χ2n) is 7.15. The van der Waals surface area contributed by atoms with E-state index in [9.17, 15) is 13.2 Å². The van der Waals surface area contributed by atoms with E-state index in [-0.39, 0.29) is 10.7 Å². The van der Waals surface area contributed by atoms with Crippen molar-refractivity contribution in [2.75, 3.05) is 11.9 Å². The Morgan fingerprint density at radius 1 is 1.12 bits per heavy atom. The molecule has 1 aromatic carbocycles. The molecule has 0 spiro atoms. The maximum absolute atomic E-state index is 13.2. The van der Waals surface area contributed by atoms with Crippen molar-refractivity contribution in [3.63, 3.8) is 0 Å². The minimum Gasteiger partial charge on any atom is -0.370 e. The summed E-state index contributed by atoms with van der Waals surface area (Å²) in [6.45, 7) is 0.791. The van der Waals surface area contributed by atoms with Gasteiger partial charge in [0.25, 0.3) is 0 Å². The van der Waals surface area contributed by atoms with Gasteiger partial charge in [0.05, 0.1) is 22.0 Å². The zero-order valence-corrected chi connectivity index (χ0v) is 15.1. The fourth-order valence-corrected chi connectivity index (χ4v) is 4.28. The standard InChI is InChI=1S/C19H21ClF3N3/c20-15-9-8-13(19(21,22)23)11-16(15)26-18-14(7-3-4-10-24-18)17(25-26)12-5-1-2-6-12/h8-9,11-12,24H,1-7,10H2. The van der Waals surface area contributed by atoms with Crippen LogP contribution < -0.4 is 5.32 Å². The molecule has 0 unspecified atom stereocenters. The van der Waals surface area contributed by atoms with Gasteiger partial charge < -0.3 is 5.32 Å². The summed E-state index contributed by atoms with van der Waals surface area (Å²) in [5.74, 6) is 1.21. The molecule has 2 aliphatic rings. The summed E-state index contributed by atoms with van der Waals surface area (Å²) < 4.78 is 41.1. The molecule has 0 saturated heterocycles. The summed E-state index contributed by atoms with van der Waals surface area (Å²) >= 11 is 6.28. The third-order valence-corrected chi connectivity index (χ3v) is 5.72. The molecule has 1 saturated carbocycles. The van der Waals surface area contributed by atoms with Crippen LogP contribution >= 0.6 is 11.6 Å². The molecule has 0 atom stereocenters. The van der Waals surface area contributed by atoms with Gasteiger partial charge in [0.1, 0.15) is 5.82 Å². The topological polar surface area (TPSA) is 29.9 Å². The van der Waals surface area contributed by atoms with E-state index in [0.717, 1.165) is 67.9 Å². The second kappa shape index (κ2) is 6.80. The Hall–Kier alpha value is -1.69. The Balaban J connectivity index is 1.86. The maximum atomic E-state index is 13.2. The van der Waals surface area contributed by atoms with Gasteiger partial charge in [-0.15, -0.1) is 0 Å². The van der Waals surface area contributed by atoms with Crippen molar-refractivity contribution in [3.8, 4) is 5.69 Å². The third-order valence-electron chi connectivity index (χ3n) is 5.40.